The molecule has 0 bridgehead atoms. The molecule has 3 aliphatic rings. The van der Waals surface area contributed by atoms with Gasteiger partial charge < -0.3 is 9.64 Å². The summed E-state index contributed by atoms with van der Waals surface area (Å²) in [5.41, 5.74) is -1.06. The zero-order chi connectivity index (χ0) is 29.1. The maximum absolute atomic E-state index is 13.9. The molecule has 3 amide bonds. The van der Waals surface area contributed by atoms with Crippen LogP contribution in [-0.2, 0) is 31.8 Å². The number of aromatic nitrogens is 1. The fourth-order valence-corrected chi connectivity index (χ4v) is 8.38. The van der Waals surface area contributed by atoms with Gasteiger partial charge in [0.05, 0.1) is 35.4 Å². The fraction of sp³-hybridized carbons (Fsp3) is 0.333. The van der Waals surface area contributed by atoms with E-state index < -0.39 is 51.2 Å². The number of anilines is 1. The minimum atomic E-state index is -4.80. The van der Waals surface area contributed by atoms with Gasteiger partial charge in [0.2, 0.25) is 17.7 Å². The third-order valence-electron chi connectivity index (χ3n) is 7.39. The molecule has 0 radical (unpaired) electrons. The molecule has 0 spiro atoms. The Labute approximate surface area is 244 Å². The first-order chi connectivity index (χ1) is 19.6. The van der Waals surface area contributed by atoms with Gasteiger partial charge in [0.25, 0.3) is 0 Å². The zero-order valence-corrected chi connectivity index (χ0v) is 23.5. The highest BCUT2D eigenvalue weighted by molar-refractivity contribution is 8.00. The lowest BCUT2D eigenvalue weighted by Crippen LogP contribution is -2.43. The Balaban J connectivity index is 1.45. The lowest BCUT2D eigenvalue weighted by atomic mass is 9.83. The van der Waals surface area contributed by atoms with Crippen LogP contribution >= 0.6 is 34.7 Å². The molecule has 2 unspecified atom stereocenters. The van der Waals surface area contributed by atoms with E-state index in [9.17, 15) is 32.3 Å². The van der Waals surface area contributed by atoms with Gasteiger partial charge in [-0.15, -0.1) is 0 Å². The van der Waals surface area contributed by atoms with Gasteiger partial charge in [0, 0.05) is 28.9 Å². The number of hydrogen-bond donors (Lipinski definition) is 0. The summed E-state index contributed by atoms with van der Waals surface area (Å²) in [6.45, 7) is 1.25. The quantitative estimate of drug-likeness (QED) is 0.404. The van der Waals surface area contributed by atoms with Crippen molar-refractivity contribution < 1.29 is 32.3 Å². The zero-order valence-electron chi connectivity index (χ0n) is 21.1. The number of halogens is 4. The number of thioether (sulfide) groups is 1. The Morgan fingerprint density at radius 1 is 1.00 bits per heavy atom. The maximum Gasteiger partial charge on any atom is 0.418 e. The number of nitrogens with zero attached hydrogens (tertiary/aromatic N) is 3. The van der Waals surface area contributed by atoms with Crippen LogP contribution in [0.5, 0.6) is 0 Å². The molecule has 14 heteroatoms. The van der Waals surface area contributed by atoms with Crippen LogP contribution in [0, 0.1) is 5.92 Å². The second kappa shape index (κ2) is 10.6. The molecule has 0 aliphatic carbocycles. The van der Waals surface area contributed by atoms with Gasteiger partial charge in [0.1, 0.15) is 11.8 Å². The normalized spacial score (nSPS) is 22.6. The Morgan fingerprint density at radius 3 is 2.37 bits per heavy atom. The molecule has 214 valence electrons. The molecule has 0 saturated carbocycles. The summed E-state index contributed by atoms with van der Waals surface area (Å²) in [6.07, 6.45) is -4.80. The third kappa shape index (κ3) is 4.88. The van der Waals surface area contributed by atoms with E-state index in [1.165, 1.54) is 16.7 Å². The third-order valence-corrected chi connectivity index (χ3v) is 10.2. The molecular weight excluding hydrogens is 603 g/mol. The number of alkyl halides is 3. The Kier molecular flexibility index (Phi) is 7.25. The Morgan fingerprint density at radius 2 is 1.68 bits per heavy atom. The highest BCUT2D eigenvalue weighted by atomic mass is 35.5. The van der Waals surface area contributed by atoms with Gasteiger partial charge in [-0.2, -0.15) is 13.2 Å². The van der Waals surface area contributed by atoms with Crippen molar-refractivity contribution in [2.45, 2.75) is 28.9 Å². The topological polar surface area (TPSA) is 88.9 Å². The van der Waals surface area contributed by atoms with Crippen LogP contribution in [0.1, 0.15) is 21.9 Å². The number of benzene rings is 2. The number of ether oxygens (including phenoxy) is 1. The molecule has 4 heterocycles. The highest BCUT2D eigenvalue weighted by Crippen LogP contribution is 2.54. The number of fused-ring (bicyclic) bond motifs is 2. The number of hydrogen-bond acceptors (Lipinski definition) is 7. The van der Waals surface area contributed by atoms with E-state index in [0.717, 1.165) is 35.2 Å². The van der Waals surface area contributed by atoms with Crippen molar-refractivity contribution in [3.8, 4) is 0 Å². The van der Waals surface area contributed by atoms with Crippen molar-refractivity contribution in [2.75, 3.05) is 31.2 Å². The summed E-state index contributed by atoms with van der Waals surface area (Å²) in [5.74, 6) is -3.78. The van der Waals surface area contributed by atoms with Gasteiger partial charge in [-0.05, 0) is 29.8 Å². The maximum atomic E-state index is 13.9. The molecule has 2 aromatic carbocycles. The van der Waals surface area contributed by atoms with Crippen molar-refractivity contribution in [1.82, 2.24) is 9.47 Å². The van der Waals surface area contributed by atoms with Crippen molar-refractivity contribution in [3.63, 3.8) is 0 Å². The molecule has 2 fully saturated rings. The number of para-hydroxylation sites is 1. The Hall–Kier alpha value is -3.13. The van der Waals surface area contributed by atoms with Crippen LogP contribution in [0.4, 0.5) is 18.9 Å². The molecule has 2 saturated heterocycles. The molecule has 41 heavy (non-hydrogen) atoms. The molecule has 0 N–H and O–H groups in total. The lowest BCUT2D eigenvalue weighted by Gasteiger charge is -2.31. The van der Waals surface area contributed by atoms with Crippen molar-refractivity contribution in [2.24, 2.45) is 5.92 Å². The largest absolute Gasteiger partial charge is 0.418 e. The number of imide groups is 1. The van der Waals surface area contributed by atoms with Crippen LogP contribution in [0.2, 0.25) is 5.02 Å². The number of rotatable bonds is 4. The summed E-state index contributed by atoms with van der Waals surface area (Å²) < 4.78 is 48.3. The van der Waals surface area contributed by atoms with E-state index in [-0.39, 0.29) is 12.5 Å². The van der Waals surface area contributed by atoms with Crippen LogP contribution in [-0.4, -0.2) is 58.7 Å². The number of carbonyl (C=O) groups excluding carboxylic acids is 3. The van der Waals surface area contributed by atoms with Crippen molar-refractivity contribution in [1.29, 1.82) is 0 Å². The lowest BCUT2D eigenvalue weighted by molar-refractivity contribution is -0.137. The summed E-state index contributed by atoms with van der Waals surface area (Å²) in [4.78, 5) is 56.2. The first kappa shape index (κ1) is 28.0. The summed E-state index contributed by atoms with van der Waals surface area (Å²) in [5, 5.41) is -0.335. The van der Waals surface area contributed by atoms with Crippen LogP contribution in [0.3, 0.4) is 0 Å². The monoisotopic (exact) mass is 623 g/mol. The predicted octanol–water partition coefficient (Wildman–Crippen LogP) is 4.24. The minimum Gasteiger partial charge on any atom is -0.378 e. The second-order valence-corrected chi connectivity index (χ2v) is 12.3. The van der Waals surface area contributed by atoms with E-state index in [1.54, 1.807) is 29.2 Å². The van der Waals surface area contributed by atoms with E-state index in [0.29, 0.717) is 51.7 Å². The fourth-order valence-electron chi connectivity index (χ4n) is 5.48. The minimum absolute atomic E-state index is 0.273. The number of morpholine rings is 1. The first-order valence-corrected chi connectivity index (χ1v) is 14.7. The van der Waals surface area contributed by atoms with Crippen molar-refractivity contribution in [3.05, 3.63) is 79.2 Å². The van der Waals surface area contributed by atoms with E-state index in [2.05, 4.69) is 0 Å². The van der Waals surface area contributed by atoms with E-state index >= 15 is 0 Å². The average Bonchev–Trinajstić information content (AvgIpc) is 3.39. The summed E-state index contributed by atoms with van der Waals surface area (Å²) >= 11 is 7.91. The van der Waals surface area contributed by atoms with E-state index in [1.807, 2.05) is 0 Å². The van der Waals surface area contributed by atoms with Crippen LogP contribution in [0.25, 0.3) is 0 Å². The van der Waals surface area contributed by atoms with Crippen LogP contribution < -0.4 is 9.77 Å². The molecule has 3 aliphatic heterocycles. The molecule has 3 aromatic rings. The average molecular weight is 624 g/mol. The van der Waals surface area contributed by atoms with Gasteiger partial charge in [-0.3, -0.25) is 23.7 Å². The predicted molar refractivity (Wildman–Crippen MR) is 146 cm³/mol. The summed E-state index contributed by atoms with van der Waals surface area (Å²) in [6, 6.07) is 11.0. The first-order valence-electron chi connectivity index (χ1n) is 12.6. The molecular formula is C27H21ClF3N3O5S2. The number of amides is 3. The second-order valence-electron chi connectivity index (χ2n) is 9.74. The van der Waals surface area contributed by atoms with Gasteiger partial charge >= 0.3 is 11.0 Å². The van der Waals surface area contributed by atoms with E-state index in [4.69, 9.17) is 16.3 Å². The van der Waals surface area contributed by atoms with Gasteiger partial charge in [-0.25, -0.2) is 4.90 Å². The Bertz CT molecular complexity index is 1600. The standard InChI is InChI=1S/C27H21ClF3N3O5S2/c28-15-7-5-14(6-8-15)19-20-21(24(37)34(23(20)36)17-4-2-1-3-16(17)27(29,30)31)40-25-22(19)41-26(38)33(25)13-18(35)32-9-11-39-12-10-32/h1-8,19-21H,9-13H2/t19-,20?,21?/m1/s1. The highest BCUT2D eigenvalue weighted by Gasteiger charge is 2.57. The number of carbonyl (C=O) groups is 3. The number of thiazole rings is 1. The van der Waals surface area contributed by atoms with Gasteiger partial charge in [-0.1, -0.05) is 59.0 Å². The van der Waals surface area contributed by atoms with Crippen molar-refractivity contribution >= 4 is 58.1 Å². The molecule has 1 aromatic heterocycles. The van der Waals surface area contributed by atoms with Gasteiger partial charge in [0.15, 0.2) is 0 Å². The smallest absolute Gasteiger partial charge is 0.378 e. The van der Waals surface area contributed by atoms with Crippen LogP contribution in [0.15, 0.2) is 58.4 Å². The SMILES string of the molecule is O=C(Cn1c2c(sc1=O)[C@H](c1ccc(Cl)cc1)C1C(=O)N(c3ccccc3C(F)(F)F)C(=O)C1S2)N1CCOCC1. The molecule has 3 atom stereocenters. The molecule has 6 rings (SSSR count). The summed E-state index contributed by atoms with van der Waals surface area (Å²) in [7, 11) is 0. The molecule has 8 nitrogen and oxygen atoms in total.